The quantitative estimate of drug-likeness (QED) is 0.629. The molecule has 1 saturated heterocycles. The highest BCUT2D eigenvalue weighted by atomic mass is 19.1. The van der Waals surface area contributed by atoms with E-state index in [9.17, 15) is 9.18 Å². The van der Waals surface area contributed by atoms with Crippen LogP contribution in [0.25, 0.3) is 0 Å². The van der Waals surface area contributed by atoms with E-state index < -0.39 is 12.1 Å². The van der Waals surface area contributed by atoms with E-state index >= 15 is 0 Å². The summed E-state index contributed by atoms with van der Waals surface area (Å²) < 4.78 is 17.5. The molecule has 0 N–H and O–H groups in total. The van der Waals surface area contributed by atoms with Crippen molar-refractivity contribution in [3.63, 3.8) is 0 Å². The fourth-order valence-electron chi connectivity index (χ4n) is 2.18. The van der Waals surface area contributed by atoms with Gasteiger partial charge in [-0.05, 0) is 26.9 Å². The van der Waals surface area contributed by atoms with E-state index in [1.807, 2.05) is 11.9 Å². The summed E-state index contributed by atoms with van der Waals surface area (Å²) in [5.74, 6) is -0.502. The Kier molecular flexibility index (Phi) is 3.48. The zero-order chi connectivity index (χ0) is 10.8. The Morgan fingerprint density at radius 1 is 1.71 bits per heavy atom. The van der Waals surface area contributed by atoms with Crippen molar-refractivity contribution in [1.29, 1.82) is 0 Å². The summed E-state index contributed by atoms with van der Waals surface area (Å²) in [4.78, 5) is 13.6. The van der Waals surface area contributed by atoms with Crippen molar-refractivity contribution < 1.29 is 13.9 Å². The molecule has 0 bridgehead atoms. The summed E-state index contributed by atoms with van der Waals surface area (Å²) >= 11 is 0. The Morgan fingerprint density at radius 3 is 2.86 bits per heavy atom. The van der Waals surface area contributed by atoms with Gasteiger partial charge in [-0.25, -0.2) is 0 Å². The van der Waals surface area contributed by atoms with Crippen LogP contribution in [0.1, 0.15) is 13.3 Å². The Morgan fingerprint density at radius 2 is 2.36 bits per heavy atom. The fraction of sp³-hybridized carbons (Fsp3) is 0.900. The van der Waals surface area contributed by atoms with Crippen molar-refractivity contribution >= 4 is 5.97 Å². The Bertz CT molecular complexity index is 222. The van der Waals surface area contributed by atoms with Gasteiger partial charge in [0.25, 0.3) is 0 Å². The topological polar surface area (TPSA) is 29.5 Å². The van der Waals surface area contributed by atoms with Gasteiger partial charge >= 0.3 is 5.97 Å². The highest BCUT2D eigenvalue weighted by molar-refractivity contribution is 5.77. The minimum Gasteiger partial charge on any atom is -0.469 e. The van der Waals surface area contributed by atoms with Gasteiger partial charge in [0.1, 0.15) is 0 Å². The maximum atomic E-state index is 12.8. The van der Waals surface area contributed by atoms with Crippen LogP contribution >= 0.6 is 0 Å². The molecule has 1 aliphatic rings. The number of ether oxygens (including phenoxy) is 1. The van der Waals surface area contributed by atoms with Crippen LogP contribution in [0, 0.1) is 11.3 Å². The largest absolute Gasteiger partial charge is 0.469 e. The first-order valence-electron chi connectivity index (χ1n) is 4.87. The molecular weight excluding hydrogens is 185 g/mol. The van der Waals surface area contributed by atoms with E-state index in [-0.39, 0.29) is 11.9 Å². The molecule has 1 aliphatic heterocycles. The van der Waals surface area contributed by atoms with Gasteiger partial charge in [-0.3, -0.25) is 9.18 Å². The summed E-state index contributed by atoms with van der Waals surface area (Å²) in [6.07, 6.45) is 0.721. The molecule has 1 heterocycles. The molecule has 1 fully saturated rings. The van der Waals surface area contributed by atoms with Gasteiger partial charge < -0.3 is 9.64 Å². The second kappa shape index (κ2) is 4.26. The normalized spacial score (nSPS) is 34.1. The Labute approximate surface area is 84.2 Å². The van der Waals surface area contributed by atoms with Gasteiger partial charge in [0.15, 0.2) is 0 Å². The fourth-order valence-corrected chi connectivity index (χ4v) is 2.18. The van der Waals surface area contributed by atoms with Crippen molar-refractivity contribution in [2.24, 2.45) is 11.3 Å². The summed E-state index contributed by atoms with van der Waals surface area (Å²) in [5.41, 5.74) is -0.684. The van der Waals surface area contributed by atoms with Gasteiger partial charge in [-0.1, -0.05) is 0 Å². The predicted octanol–water partition coefficient (Wildman–Crippen LogP) is 1.09. The molecule has 0 saturated carbocycles. The van der Waals surface area contributed by atoms with Gasteiger partial charge in [-0.2, -0.15) is 0 Å². The first-order chi connectivity index (χ1) is 6.54. The number of hydrogen-bond donors (Lipinski definition) is 0. The number of rotatable bonds is 2. The molecule has 0 aromatic carbocycles. The Hall–Kier alpha value is -0.640. The molecule has 82 valence electrons. The third-order valence-electron chi connectivity index (χ3n) is 3.20. The van der Waals surface area contributed by atoms with E-state index in [1.165, 1.54) is 7.11 Å². The SMILES string of the molecule is COC(=O)C1(C)CN(C)CCC1CF. The standard InChI is InChI=1S/C10H18FNO2/c1-10(9(13)14-3)7-12(2)5-4-8(10)6-11/h8H,4-7H2,1-3H3. The molecule has 2 atom stereocenters. The molecule has 0 radical (unpaired) electrons. The van der Waals surface area contributed by atoms with Crippen LogP contribution in [0.5, 0.6) is 0 Å². The number of halogens is 1. The lowest BCUT2D eigenvalue weighted by Crippen LogP contribution is -2.51. The van der Waals surface area contributed by atoms with E-state index in [1.54, 1.807) is 6.92 Å². The molecule has 0 aliphatic carbocycles. The molecule has 0 aromatic heterocycles. The lowest BCUT2D eigenvalue weighted by molar-refractivity contribution is -0.159. The lowest BCUT2D eigenvalue weighted by Gasteiger charge is -2.41. The highest BCUT2D eigenvalue weighted by Gasteiger charge is 2.45. The summed E-state index contributed by atoms with van der Waals surface area (Å²) in [5, 5.41) is 0. The van der Waals surface area contributed by atoms with Gasteiger partial charge in [-0.15, -0.1) is 0 Å². The number of hydrogen-bond acceptors (Lipinski definition) is 3. The summed E-state index contributed by atoms with van der Waals surface area (Å²) in [6.45, 7) is 2.77. The maximum absolute atomic E-state index is 12.8. The molecule has 1 rings (SSSR count). The first-order valence-corrected chi connectivity index (χ1v) is 4.87. The summed E-state index contributed by atoms with van der Waals surface area (Å²) in [6, 6.07) is 0. The van der Waals surface area contributed by atoms with E-state index in [4.69, 9.17) is 4.74 Å². The minimum atomic E-state index is -0.684. The van der Waals surface area contributed by atoms with Gasteiger partial charge in [0.05, 0.1) is 19.2 Å². The average molecular weight is 203 g/mol. The van der Waals surface area contributed by atoms with Crippen molar-refractivity contribution in [2.75, 3.05) is 33.9 Å². The minimum absolute atomic E-state index is 0.203. The number of piperidine rings is 1. The van der Waals surface area contributed by atoms with Crippen LogP contribution in [0.15, 0.2) is 0 Å². The molecule has 4 heteroatoms. The van der Waals surface area contributed by atoms with E-state index in [0.717, 1.165) is 13.0 Å². The third kappa shape index (κ3) is 1.90. The molecule has 2 unspecified atom stereocenters. The van der Waals surface area contributed by atoms with Crippen LogP contribution in [0.3, 0.4) is 0 Å². The van der Waals surface area contributed by atoms with Gasteiger partial charge in [0, 0.05) is 12.5 Å². The maximum Gasteiger partial charge on any atom is 0.313 e. The van der Waals surface area contributed by atoms with Crippen molar-refractivity contribution in [3.05, 3.63) is 0 Å². The average Bonchev–Trinajstić information content (AvgIpc) is 2.16. The smallest absolute Gasteiger partial charge is 0.313 e. The Balaban J connectivity index is 2.82. The molecule has 14 heavy (non-hydrogen) atoms. The van der Waals surface area contributed by atoms with Crippen molar-refractivity contribution in [3.8, 4) is 0 Å². The van der Waals surface area contributed by atoms with Gasteiger partial charge in [0.2, 0.25) is 0 Å². The molecule has 0 aromatic rings. The second-order valence-corrected chi connectivity index (χ2v) is 4.29. The number of carbonyl (C=O) groups excluding carboxylic acids is 1. The monoisotopic (exact) mass is 203 g/mol. The lowest BCUT2D eigenvalue weighted by atomic mass is 9.73. The zero-order valence-electron chi connectivity index (χ0n) is 9.05. The zero-order valence-corrected chi connectivity index (χ0v) is 9.05. The van der Waals surface area contributed by atoms with Crippen molar-refractivity contribution in [1.82, 2.24) is 4.90 Å². The number of alkyl halides is 1. The number of methoxy groups -OCH3 is 1. The first kappa shape index (κ1) is 11.4. The molecular formula is C10H18FNO2. The number of likely N-dealkylation sites (tertiary alicyclic amines) is 1. The number of nitrogens with zero attached hydrogens (tertiary/aromatic N) is 1. The van der Waals surface area contributed by atoms with E-state index in [0.29, 0.717) is 6.54 Å². The van der Waals surface area contributed by atoms with Crippen LogP contribution in [-0.4, -0.2) is 44.8 Å². The molecule has 3 nitrogen and oxygen atoms in total. The third-order valence-corrected chi connectivity index (χ3v) is 3.20. The number of esters is 1. The van der Waals surface area contributed by atoms with Crippen LogP contribution < -0.4 is 0 Å². The summed E-state index contributed by atoms with van der Waals surface area (Å²) in [7, 11) is 3.30. The van der Waals surface area contributed by atoms with Crippen molar-refractivity contribution in [2.45, 2.75) is 13.3 Å². The number of carbonyl (C=O) groups is 1. The molecule has 0 amide bonds. The molecule has 0 spiro atoms. The second-order valence-electron chi connectivity index (χ2n) is 4.29. The highest BCUT2D eigenvalue weighted by Crippen LogP contribution is 2.36. The van der Waals surface area contributed by atoms with Crippen LogP contribution in [0.2, 0.25) is 0 Å². The van der Waals surface area contributed by atoms with E-state index in [2.05, 4.69) is 0 Å². The van der Waals surface area contributed by atoms with Crippen LogP contribution in [-0.2, 0) is 9.53 Å². The van der Waals surface area contributed by atoms with Crippen LogP contribution in [0.4, 0.5) is 4.39 Å². The predicted molar refractivity (Wildman–Crippen MR) is 51.7 cm³/mol.